The van der Waals surface area contributed by atoms with Crippen LogP contribution >= 0.6 is 0 Å². The minimum absolute atomic E-state index is 0.0848. The molecule has 0 unspecified atom stereocenters. The van der Waals surface area contributed by atoms with E-state index in [2.05, 4.69) is 24.3 Å². The summed E-state index contributed by atoms with van der Waals surface area (Å²) in [6, 6.07) is 60.9. The average molecular weight is 1130 g/mol. The van der Waals surface area contributed by atoms with Gasteiger partial charge in [0.1, 0.15) is 0 Å². The summed E-state index contributed by atoms with van der Waals surface area (Å²) in [5.74, 6) is 0. The van der Waals surface area contributed by atoms with E-state index in [1.54, 1.807) is 97.1 Å². The number of nitriles is 8. The molecular weight excluding hydrogens is 1090 g/mol. The highest BCUT2D eigenvalue weighted by molar-refractivity contribution is 6.15. The molecule has 86 heavy (non-hydrogen) atoms. The maximum atomic E-state index is 16.2. The highest BCUT2D eigenvalue weighted by Crippen LogP contribution is 2.48. The number of rotatable bonds is 7. The van der Waals surface area contributed by atoms with E-state index in [4.69, 9.17) is 0 Å². The quantitative estimate of drug-likeness (QED) is 0.140. The van der Waals surface area contributed by atoms with Crippen LogP contribution in [0.15, 0.2) is 182 Å². The topological polar surface area (TPSA) is 200 Å². The summed E-state index contributed by atoms with van der Waals surface area (Å²) in [6.45, 7) is 0. The molecule has 16 heteroatoms. The Balaban J connectivity index is 1.24. The average Bonchev–Trinajstić information content (AvgIpc) is 1.68. The molecule has 2 heterocycles. The SMILES string of the molecule is N#Cc1ccc(-c2ccc3c(c2)c2cc(-c4ccc(C#N)cc4C#N)ccc2n3-c2cc(C(F)(F)F)cc(-n3c4ccc(-c5ccc(C#N)cc5C#N)cc4c4cc(-c5ccc(C#N)cc5C#N)ccc43)c2-c2cccc(C(F)(F)F)c2)c(C#N)c1. The summed E-state index contributed by atoms with van der Waals surface area (Å²) in [5.41, 5.74) is 3.16. The zero-order valence-corrected chi connectivity index (χ0v) is 44.1. The van der Waals surface area contributed by atoms with Gasteiger partial charge in [-0.15, -0.1) is 0 Å². The van der Waals surface area contributed by atoms with Crippen molar-refractivity contribution in [2.45, 2.75) is 12.4 Å². The van der Waals surface area contributed by atoms with Gasteiger partial charge >= 0.3 is 12.4 Å². The summed E-state index contributed by atoms with van der Waals surface area (Å²) < 4.78 is 96.8. The van der Waals surface area contributed by atoms with Crippen LogP contribution in [-0.2, 0) is 12.4 Å². The zero-order chi connectivity index (χ0) is 60.3. The van der Waals surface area contributed by atoms with Crippen LogP contribution in [0, 0.1) is 90.6 Å². The van der Waals surface area contributed by atoms with Gasteiger partial charge in [0.15, 0.2) is 0 Å². The predicted molar refractivity (Wildman–Crippen MR) is 310 cm³/mol. The van der Waals surface area contributed by atoms with E-state index in [0.29, 0.717) is 66.1 Å². The Hall–Kier alpha value is -12.7. The Morgan fingerprint density at radius 3 is 0.849 bits per heavy atom. The Morgan fingerprint density at radius 2 is 0.581 bits per heavy atom. The monoisotopic (exact) mass is 1120 g/mol. The van der Waals surface area contributed by atoms with Crippen LogP contribution in [0.3, 0.4) is 0 Å². The van der Waals surface area contributed by atoms with Crippen LogP contribution in [0.4, 0.5) is 26.3 Å². The molecule has 0 amide bonds. The molecule has 0 atom stereocenters. The van der Waals surface area contributed by atoms with Crippen molar-refractivity contribution in [3.8, 4) is 116 Å². The first kappa shape index (κ1) is 53.9. The molecule has 12 aromatic rings. The zero-order valence-electron chi connectivity index (χ0n) is 44.1. The molecule has 0 saturated heterocycles. The number of alkyl halides is 6. The lowest BCUT2D eigenvalue weighted by Crippen LogP contribution is -2.11. The molecule has 0 N–H and O–H groups in total. The van der Waals surface area contributed by atoms with Crippen molar-refractivity contribution in [1.29, 1.82) is 42.1 Å². The molecule has 0 bridgehead atoms. The van der Waals surface area contributed by atoms with Crippen molar-refractivity contribution in [2.24, 2.45) is 0 Å². The van der Waals surface area contributed by atoms with E-state index in [0.717, 1.165) is 24.3 Å². The van der Waals surface area contributed by atoms with E-state index >= 15 is 26.3 Å². The van der Waals surface area contributed by atoms with E-state index in [-0.39, 0.29) is 89.1 Å². The number of halogens is 6. The van der Waals surface area contributed by atoms with Crippen molar-refractivity contribution in [3.05, 3.63) is 238 Å². The van der Waals surface area contributed by atoms with Gasteiger partial charge in [0.05, 0.1) is 138 Å². The first-order valence-electron chi connectivity index (χ1n) is 25.9. The van der Waals surface area contributed by atoms with Gasteiger partial charge < -0.3 is 9.13 Å². The van der Waals surface area contributed by atoms with Gasteiger partial charge in [-0.25, -0.2) is 0 Å². The van der Waals surface area contributed by atoms with Crippen LogP contribution in [-0.4, -0.2) is 9.13 Å². The Labute approximate surface area is 484 Å². The molecule has 0 aliphatic rings. The molecule has 0 aliphatic carbocycles. The molecule has 0 fully saturated rings. The maximum absolute atomic E-state index is 16.2. The summed E-state index contributed by atoms with van der Waals surface area (Å²) >= 11 is 0. The van der Waals surface area contributed by atoms with E-state index in [1.807, 2.05) is 24.3 Å². The van der Waals surface area contributed by atoms with Gasteiger partial charge in [-0.05, 0) is 171 Å². The molecule has 0 saturated carbocycles. The highest BCUT2D eigenvalue weighted by Gasteiger charge is 2.36. The van der Waals surface area contributed by atoms with E-state index in [1.165, 1.54) is 69.8 Å². The lowest BCUT2D eigenvalue weighted by atomic mass is 9.95. The lowest BCUT2D eigenvalue weighted by molar-refractivity contribution is -0.138. The Kier molecular flexibility index (Phi) is 13.0. The van der Waals surface area contributed by atoms with Crippen LogP contribution in [0.1, 0.15) is 55.6 Å². The van der Waals surface area contributed by atoms with Crippen molar-refractivity contribution < 1.29 is 26.3 Å². The second-order valence-electron chi connectivity index (χ2n) is 20.0. The standard InChI is InChI=1S/C70H30F6N10/c71-69(72,73)52-3-1-2-47(24-52)68-66(85-62-16-8-43(54-12-4-39(31-77)20-48(54)35-81)25-58(62)59-26-44(9-17-63(59)85)55-13-5-40(32-78)21-49(55)36-82)29-53(70(74,75)76)30-67(68)86-64-18-10-45(56-14-6-41(33-79)22-50(56)37-83)27-60(64)61-28-46(11-19-65(61)86)57-15-7-42(34-80)23-51(57)38-84/h1-30H. The van der Waals surface area contributed by atoms with Crippen molar-refractivity contribution in [2.75, 3.05) is 0 Å². The number of fused-ring (bicyclic) bond motifs is 6. The summed E-state index contributed by atoms with van der Waals surface area (Å²) in [7, 11) is 0. The Bertz CT molecular complexity index is 4770. The molecule has 2 aromatic heterocycles. The molecule has 0 spiro atoms. The van der Waals surface area contributed by atoms with Crippen LogP contribution in [0.25, 0.3) is 111 Å². The fourth-order valence-electron chi connectivity index (χ4n) is 11.3. The first-order valence-corrected chi connectivity index (χ1v) is 25.9. The molecule has 0 radical (unpaired) electrons. The molecule has 10 nitrogen and oxygen atoms in total. The second-order valence-corrected chi connectivity index (χ2v) is 20.0. The molecule has 402 valence electrons. The number of aromatic nitrogens is 2. The normalized spacial score (nSPS) is 11.3. The van der Waals surface area contributed by atoms with Crippen LogP contribution in [0.5, 0.6) is 0 Å². The first-order chi connectivity index (χ1) is 41.5. The van der Waals surface area contributed by atoms with Gasteiger partial charge in [-0.2, -0.15) is 68.4 Å². The van der Waals surface area contributed by atoms with E-state index in [9.17, 15) is 42.1 Å². The molecular formula is C70H30F6N10. The lowest BCUT2D eigenvalue weighted by Gasteiger charge is -2.23. The highest BCUT2D eigenvalue weighted by atomic mass is 19.4. The molecule has 0 aliphatic heterocycles. The summed E-state index contributed by atoms with van der Waals surface area (Å²) in [5, 5.41) is 81.7. The Morgan fingerprint density at radius 1 is 0.279 bits per heavy atom. The van der Waals surface area contributed by atoms with E-state index < -0.39 is 23.5 Å². The number of nitrogens with zero attached hydrogens (tertiary/aromatic N) is 10. The maximum Gasteiger partial charge on any atom is 0.416 e. The smallest absolute Gasteiger partial charge is 0.309 e. The number of benzene rings is 10. The molecule has 12 rings (SSSR count). The van der Waals surface area contributed by atoms with Crippen molar-refractivity contribution >= 4 is 43.6 Å². The van der Waals surface area contributed by atoms with Gasteiger partial charge in [0, 0.05) is 27.1 Å². The number of hydrogen-bond donors (Lipinski definition) is 0. The minimum atomic E-state index is -5.10. The summed E-state index contributed by atoms with van der Waals surface area (Å²) in [6.07, 6.45) is -10.0. The summed E-state index contributed by atoms with van der Waals surface area (Å²) in [4.78, 5) is 0. The number of hydrogen-bond acceptors (Lipinski definition) is 8. The van der Waals surface area contributed by atoms with Gasteiger partial charge in [0.2, 0.25) is 0 Å². The van der Waals surface area contributed by atoms with Gasteiger partial charge in [0.25, 0.3) is 0 Å². The third kappa shape index (κ3) is 9.05. The minimum Gasteiger partial charge on any atom is -0.309 e. The third-order valence-corrected chi connectivity index (χ3v) is 15.2. The molecule has 10 aromatic carbocycles. The predicted octanol–water partition coefficient (Wildman–Crippen LogP) is 17.2. The van der Waals surface area contributed by atoms with Crippen molar-refractivity contribution in [3.63, 3.8) is 0 Å². The van der Waals surface area contributed by atoms with Gasteiger partial charge in [-0.3, -0.25) is 0 Å². The largest absolute Gasteiger partial charge is 0.416 e. The fraction of sp³-hybridized carbons (Fsp3) is 0.0286. The second kappa shape index (κ2) is 20.7. The van der Waals surface area contributed by atoms with Crippen LogP contribution < -0.4 is 0 Å². The van der Waals surface area contributed by atoms with Gasteiger partial charge in [-0.1, -0.05) is 60.7 Å². The van der Waals surface area contributed by atoms with Crippen LogP contribution in [0.2, 0.25) is 0 Å². The fourth-order valence-corrected chi connectivity index (χ4v) is 11.3. The van der Waals surface area contributed by atoms with Crippen molar-refractivity contribution in [1.82, 2.24) is 9.13 Å². The third-order valence-electron chi connectivity index (χ3n) is 15.2.